The summed E-state index contributed by atoms with van der Waals surface area (Å²) < 4.78 is 10.8. The lowest BCUT2D eigenvalue weighted by Crippen LogP contribution is -2.08. The molecule has 0 heterocycles. The molecule has 3 nitrogen and oxygen atoms in total. The number of nitrogen functional groups attached to an aromatic ring is 1. The smallest absolute Gasteiger partial charge is 0.143 e. The molecule has 0 radical (unpaired) electrons. The van der Waals surface area contributed by atoms with Gasteiger partial charge in [0.2, 0.25) is 0 Å². The summed E-state index contributed by atoms with van der Waals surface area (Å²) in [7, 11) is 0. The van der Waals surface area contributed by atoms with Gasteiger partial charge in [-0.05, 0) is 12.5 Å². The van der Waals surface area contributed by atoms with Crippen molar-refractivity contribution < 1.29 is 9.47 Å². The molecule has 0 aliphatic carbocycles. The third kappa shape index (κ3) is 5.02. The highest BCUT2D eigenvalue weighted by molar-refractivity contribution is 6.42. The number of benzene rings is 1. The van der Waals surface area contributed by atoms with E-state index in [9.17, 15) is 0 Å². The fourth-order valence-corrected chi connectivity index (χ4v) is 1.55. The summed E-state index contributed by atoms with van der Waals surface area (Å²) in [5.41, 5.74) is 6.22. The minimum absolute atomic E-state index is 0.427. The van der Waals surface area contributed by atoms with Gasteiger partial charge in [0.15, 0.2) is 0 Å². The molecule has 0 fully saturated rings. The zero-order chi connectivity index (χ0) is 12.7. The summed E-state index contributed by atoms with van der Waals surface area (Å²) in [5, 5.41) is 0.860. The minimum atomic E-state index is 0.427. The second-order valence-corrected chi connectivity index (χ2v) is 4.43. The van der Waals surface area contributed by atoms with Gasteiger partial charge in [-0.25, -0.2) is 0 Å². The summed E-state index contributed by atoms with van der Waals surface area (Å²) in [6.07, 6.45) is 2.19. The number of halogens is 2. The lowest BCUT2D eigenvalue weighted by molar-refractivity contribution is 0.0983. The van der Waals surface area contributed by atoms with Crippen molar-refractivity contribution in [2.75, 3.05) is 25.6 Å². The van der Waals surface area contributed by atoms with Crippen LogP contribution in [0.5, 0.6) is 5.75 Å². The molecule has 0 bridgehead atoms. The molecule has 1 aromatic carbocycles. The Kier molecular flexibility index (Phi) is 6.48. The predicted molar refractivity (Wildman–Crippen MR) is 72.1 cm³/mol. The summed E-state index contributed by atoms with van der Waals surface area (Å²) in [5.74, 6) is 0.540. The van der Waals surface area contributed by atoms with Crippen molar-refractivity contribution in [1.82, 2.24) is 0 Å². The Hall–Kier alpha value is -0.640. The summed E-state index contributed by atoms with van der Waals surface area (Å²) >= 11 is 11.7. The van der Waals surface area contributed by atoms with Gasteiger partial charge in [-0.15, -0.1) is 0 Å². The number of hydrogen-bond donors (Lipinski definition) is 1. The molecule has 0 saturated heterocycles. The number of unbranched alkanes of at least 4 members (excludes halogenated alkanes) is 1. The summed E-state index contributed by atoms with van der Waals surface area (Å²) in [4.78, 5) is 0. The lowest BCUT2D eigenvalue weighted by Gasteiger charge is -2.10. The maximum absolute atomic E-state index is 5.87. The Morgan fingerprint density at radius 2 is 1.82 bits per heavy atom. The topological polar surface area (TPSA) is 44.5 Å². The molecular weight excluding hydrogens is 261 g/mol. The standard InChI is InChI=1S/C12H17Cl2NO2/c1-2-3-4-16-5-6-17-12-8-10(14)9(13)7-11(12)15/h7-8H,2-6,15H2,1H3. The predicted octanol–water partition coefficient (Wildman–Crippen LogP) is 3.77. The zero-order valence-electron chi connectivity index (χ0n) is 9.84. The van der Waals surface area contributed by atoms with Gasteiger partial charge in [0.05, 0.1) is 22.3 Å². The highest BCUT2D eigenvalue weighted by atomic mass is 35.5. The van der Waals surface area contributed by atoms with Gasteiger partial charge in [0, 0.05) is 12.7 Å². The quantitative estimate of drug-likeness (QED) is 0.610. The van der Waals surface area contributed by atoms with E-state index in [1.54, 1.807) is 12.1 Å². The van der Waals surface area contributed by atoms with E-state index >= 15 is 0 Å². The molecule has 0 aromatic heterocycles. The number of rotatable bonds is 7. The Morgan fingerprint density at radius 3 is 2.53 bits per heavy atom. The number of hydrogen-bond acceptors (Lipinski definition) is 3. The van der Waals surface area contributed by atoms with Crippen LogP contribution < -0.4 is 10.5 Å². The van der Waals surface area contributed by atoms with Gasteiger partial charge in [-0.3, -0.25) is 0 Å². The molecule has 2 N–H and O–H groups in total. The molecule has 0 unspecified atom stereocenters. The van der Waals surface area contributed by atoms with Crippen LogP contribution in [-0.4, -0.2) is 19.8 Å². The average molecular weight is 278 g/mol. The first-order chi connectivity index (χ1) is 8.15. The molecule has 5 heteroatoms. The normalized spacial score (nSPS) is 10.5. The van der Waals surface area contributed by atoms with E-state index in [-0.39, 0.29) is 0 Å². The van der Waals surface area contributed by atoms with Crippen LogP contribution >= 0.6 is 23.2 Å². The summed E-state index contributed by atoms with van der Waals surface area (Å²) in [6, 6.07) is 3.20. The molecule has 0 aliphatic rings. The first-order valence-electron chi connectivity index (χ1n) is 5.60. The van der Waals surface area contributed by atoms with E-state index in [2.05, 4.69) is 6.92 Å². The van der Waals surface area contributed by atoms with E-state index in [0.717, 1.165) is 19.4 Å². The fraction of sp³-hybridized carbons (Fsp3) is 0.500. The van der Waals surface area contributed by atoms with Crippen LogP contribution in [0.15, 0.2) is 12.1 Å². The molecule has 0 amide bonds. The van der Waals surface area contributed by atoms with Crippen molar-refractivity contribution >= 4 is 28.9 Å². The monoisotopic (exact) mass is 277 g/mol. The molecule has 1 rings (SSSR count). The number of anilines is 1. The van der Waals surface area contributed by atoms with Gasteiger partial charge in [0.1, 0.15) is 12.4 Å². The molecule has 0 atom stereocenters. The van der Waals surface area contributed by atoms with Crippen LogP contribution in [0.3, 0.4) is 0 Å². The third-order valence-electron chi connectivity index (χ3n) is 2.18. The van der Waals surface area contributed by atoms with Crippen molar-refractivity contribution in [1.29, 1.82) is 0 Å². The zero-order valence-corrected chi connectivity index (χ0v) is 11.4. The minimum Gasteiger partial charge on any atom is -0.489 e. The van der Waals surface area contributed by atoms with Gasteiger partial charge < -0.3 is 15.2 Å². The Bertz CT molecular complexity index is 359. The Morgan fingerprint density at radius 1 is 1.12 bits per heavy atom. The van der Waals surface area contributed by atoms with Crippen LogP contribution in [0.2, 0.25) is 10.0 Å². The van der Waals surface area contributed by atoms with Crippen LogP contribution in [0.25, 0.3) is 0 Å². The second-order valence-electron chi connectivity index (χ2n) is 3.62. The van der Waals surface area contributed by atoms with Gasteiger partial charge in [-0.1, -0.05) is 36.5 Å². The molecule has 0 aliphatic heterocycles. The fourth-order valence-electron chi connectivity index (χ4n) is 1.23. The van der Waals surface area contributed by atoms with Crippen molar-refractivity contribution in [3.63, 3.8) is 0 Å². The molecule has 0 saturated carbocycles. The number of ether oxygens (including phenoxy) is 2. The van der Waals surface area contributed by atoms with Gasteiger partial charge >= 0.3 is 0 Å². The highest BCUT2D eigenvalue weighted by Crippen LogP contribution is 2.32. The summed E-state index contributed by atoms with van der Waals surface area (Å²) in [6.45, 7) is 3.87. The van der Waals surface area contributed by atoms with Crippen molar-refractivity contribution in [2.45, 2.75) is 19.8 Å². The van der Waals surface area contributed by atoms with E-state index in [0.29, 0.717) is 34.7 Å². The maximum atomic E-state index is 5.87. The molecule has 1 aromatic rings. The van der Waals surface area contributed by atoms with Crippen molar-refractivity contribution in [3.05, 3.63) is 22.2 Å². The van der Waals surface area contributed by atoms with E-state index in [4.69, 9.17) is 38.4 Å². The van der Waals surface area contributed by atoms with Crippen molar-refractivity contribution in [3.8, 4) is 5.75 Å². The largest absolute Gasteiger partial charge is 0.489 e. The van der Waals surface area contributed by atoms with Crippen molar-refractivity contribution in [2.24, 2.45) is 0 Å². The molecular formula is C12H17Cl2NO2. The van der Waals surface area contributed by atoms with Gasteiger partial charge in [-0.2, -0.15) is 0 Å². The second kappa shape index (κ2) is 7.64. The highest BCUT2D eigenvalue weighted by Gasteiger charge is 2.05. The Balaban J connectivity index is 2.34. The number of nitrogens with two attached hydrogens (primary N) is 1. The molecule has 96 valence electrons. The Labute approximate surface area is 112 Å². The van der Waals surface area contributed by atoms with E-state index in [1.165, 1.54) is 0 Å². The molecule has 0 spiro atoms. The van der Waals surface area contributed by atoms with Crippen LogP contribution in [0.4, 0.5) is 5.69 Å². The van der Waals surface area contributed by atoms with Crippen LogP contribution in [0.1, 0.15) is 19.8 Å². The maximum Gasteiger partial charge on any atom is 0.143 e. The van der Waals surface area contributed by atoms with E-state index in [1.807, 2.05) is 0 Å². The van der Waals surface area contributed by atoms with E-state index < -0.39 is 0 Å². The first kappa shape index (κ1) is 14.4. The van der Waals surface area contributed by atoms with Gasteiger partial charge in [0.25, 0.3) is 0 Å². The van der Waals surface area contributed by atoms with Crippen LogP contribution in [-0.2, 0) is 4.74 Å². The first-order valence-corrected chi connectivity index (χ1v) is 6.35. The molecule has 17 heavy (non-hydrogen) atoms. The lowest BCUT2D eigenvalue weighted by atomic mass is 10.3. The third-order valence-corrected chi connectivity index (χ3v) is 2.90. The SMILES string of the molecule is CCCCOCCOc1cc(Cl)c(Cl)cc1N. The average Bonchev–Trinajstić information content (AvgIpc) is 2.30. The van der Waals surface area contributed by atoms with Crippen LogP contribution in [0, 0.1) is 0 Å².